The summed E-state index contributed by atoms with van der Waals surface area (Å²) in [5.74, 6) is 0.800. The van der Waals surface area contributed by atoms with Gasteiger partial charge in [0.25, 0.3) is 5.91 Å². The van der Waals surface area contributed by atoms with Crippen LogP contribution in [0.1, 0.15) is 53.0 Å². The zero-order chi connectivity index (χ0) is 24.5. The lowest BCUT2D eigenvalue weighted by Crippen LogP contribution is -2.33. The zero-order valence-corrected chi connectivity index (χ0v) is 20.3. The van der Waals surface area contributed by atoms with Crippen molar-refractivity contribution in [2.75, 3.05) is 6.54 Å². The number of benzene rings is 3. The molecule has 1 fully saturated rings. The molecule has 36 heavy (non-hydrogen) atoms. The molecule has 0 spiro atoms. The van der Waals surface area contributed by atoms with Crippen molar-refractivity contribution in [2.45, 2.75) is 51.1 Å². The lowest BCUT2D eigenvalue weighted by atomic mass is 9.87. The molecule has 2 unspecified atom stereocenters. The van der Waals surface area contributed by atoms with Crippen LogP contribution in [0.15, 0.2) is 78.6 Å². The lowest BCUT2D eigenvalue weighted by molar-refractivity contribution is -0.150. The number of hydrogen-bond donors (Lipinski definition) is 2. The van der Waals surface area contributed by atoms with Crippen molar-refractivity contribution < 1.29 is 19.4 Å². The number of aliphatic hydroxyl groups excluding tert-OH is 1. The molecular weight excluding hydrogens is 450 g/mol. The van der Waals surface area contributed by atoms with Gasteiger partial charge in [0.15, 0.2) is 5.76 Å². The van der Waals surface area contributed by atoms with E-state index in [4.69, 9.17) is 9.47 Å². The smallest absolute Gasteiger partial charge is 0.286 e. The Balaban J connectivity index is 1.25. The van der Waals surface area contributed by atoms with Gasteiger partial charge in [0.2, 0.25) is 6.29 Å². The van der Waals surface area contributed by atoms with Gasteiger partial charge in [-0.2, -0.15) is 0 Å². The highest BCUT2D eigenvalue weighted by molar-refractivity contribution is 5.91. The Hall–Kier alpha value is -3.41. The summed E-state index contributed by atoms with van der Waals surface area (Å²) in [4.78, 5) is 13.0. The van der Waals surface area contributed by atoms with Gasteiger partial charge in [0.1, 0.15) is 0 Å². The van der Waals surface area contributed by atoms with E-state index in [9.17, 15) is 9.90 Å². The van der Waals surface area contributed by atoms with E-state index in [0.717, 1.165) is 17.5 Å². The number of allylic oxidation sites excluding steroid dienone is 1. The molecule has 3 aliphatic rings. The molecule has 1 saturated carbocycles. The monoisotopic (exact) mass is 481 g/mol. The fourth-order valence-corrected chi connectivity index (χ4v) is 5.24. The summed E-state index contributed by atoms with van der Waals surface area (Å²) in [6.07, 6.45) is 5.36. The third-order valence-corrected chi connectivity index (χ3v) is 7.46. The van der Waals surface area contributed by atoms with Gasteiger partial charge < -0.3 is 19.9 Å². The van der Waals surface area contributed by atoms with Crippen molar-refractivity contribution in [1.29, 1.82) is 0 Å². The quantitative estimate of drug-likeness (QED) is 0.363. The van der Waals surface area contributed by atoms with Gasteiger partial charge in [-0.25, -0.2) is 0 Å². The van der Waals surface area contributed by atoms with Gasteiger partial charge in [-0.3, -0.25) is 4.79 Å². The summed E-state index contributed by atoms with van der Waals surface area (Å²) >= 11 is 0. The van der Waals surface area contributed by atoms with E-state index in [-0.39, 0.29) is 18.4 Å². The average Bonchev–Trinajstić information content (AvgIpc) is 3.68. The molecule has 2 aliphatic carbocycles. The van der Waals surface area contributed by atoms with Gasteiger partial charge in [0, 0.05) is 18.9 Å². The number of ether oxygens (including phenoxy) is 2. The van der Waals surface area contributed by atoms with Crippen LogP contribution >= 0.6 is 0 Å². The number of hydrogen-bond acceptors (Lipinski definition) is 4. The van der Waals surface area contributed by atoms with E-state index >= 15 is 0 Å². The van der Waals surface area contributed by atoms with Crippen LogP contribution in [0.25, 0.3) is 11.1 Å². The first-order valence-corrected chi connectivity index (χ1v) is 12.8. The van der Waals surface area contributed by atoms with Crippen LogP contribution in [0, 0.1) is 5.92 Å². The Labute approximate surface area is 211 Å². The fraction of sp³-hybridized carbons (Fsp3) is 0.323. The summed E-state index contributed by atoms with van der Waals surface area (Å²) in [7, 11) is 0. The van der Waals surface area contributed by atoms with E-state index in [1.165, 1.54) is 40.7 Å². The van der Waals surface area contributed by atoms with E-state index in [1.54, 1.807) is 0 Å². The van der Waals surface area contributed by atoms with Crippen molar-refractivity contribution in [3.8, 4) is 11.1 Å². The molecule has 2 N–H and O–H groups in total. The maximum absolute atomic E-state index is 13.0. The van der Waals surface area contributed by atoms with E-state index < -0.39 is 6.29 Å². The standard InChI is InChI=1S/C31H31NO4/c33-18-21-10-12-22(13-11-21)19-35-30-16-24(15-29(36-30)31(34)32-17-20-8-9-20)26-6-3-7-27-25-5-2-1-4-23(25)14-28(26)27/h1-7,10-13,15,20,24,30,33H,8-9,14,16-19H2,(H,32,34). The Kier molecular flexibility index (Phi) is 6.34. The molecule has 1 aliphatic heterocycles. The molecule has 1 heterocycles. The Morgan fingerprint density at radius 2 is 1.75 bits per heavy atom. The van der Waals surface area contributed by atoms with Gasteiger partial charge in [-0.05, 0) is 70.2 Å². The molecule has 0 saturated heterocycles. The Morgan fingerprint density at radius 1 is 0.972 bits per heavy atom. The summed E-state index contributed by atoms with van der Waals surface area (Å²) in [6.45, 7) is 1.09. The maximum atomic E-state index is 13.0. The third kappa shape index (κ3) is 4.81. The first-order chi connectivity index (χ1) is 17.7. The van der Waals surface area contributed by atoms with Crippen LogP contribution in [0.5, 0.6) is 0 Å². The number of fused-ring (bicyclic) bond motifs is 3. The van der Waals surface area contributed by atoms with Gasteiger partial charge in [0.05, 0.1) is 13.2 Å². The minimum Gasteiger partial charge on any atom is -0.459 e. The zero-order valence-electron chi connectivity index (χ0n) is 20.3. The Morgan fingerprint density at radius 3 is 2.56 bits per heavy atom. The highest BCUT2D eigenvalue weighted by atomic mass is 16.7. The first kappa shape index (κ1) is 23.0. The molecule has 5 nitrogen and oxygen atoms in total. The molecule has 1 amide bonds. The number of aliphatic hydroxyl groups is 1. The van der Waals surface area contributed by atoms with Crippen LogP contribution in [0.3, 0.4) is 0 Å². The molecule has 6 rings (SSSR count). The molecule has 3 aromatic carbocycles. The van der Waals surface area contributed by atoms with Gasteiger partial charge in [-0.1, -0.05) is 66.7 Å². The number of carbonyl (C=O) groups is 1. The molecular formula is C31H31NO4. The van der Waals surface area contributed by atoms with E-state index in [2.05, 4.69) is 47.8 Å². The SMILES string of the molecule is O=C(NCC1CC1)C1=CC(c2cccc3c2Cc2ccccc2-3)CC(OCc2ccc(CO)cc2)O1. The fourth-order valence-electron chi connectivity index (χ4n) is 5.24. The second-order valence-corrected chi connectivity index (χ2v) is 10.1. The van der Waals surface area contributed by atoms with Crippen LogP contribution in [-0.2, 0) is 33.9 Å². The van der Waals surface area contributed by atoms with Crippen molar-refractivity contribution in [3.05, 3.63) is 106 Å². The lowest BCUT2D eigenvalue weighted by Gasteiger charge is -2.30. The maximum Gasteiger partial charge on any atom is 0.286 e. The molecule has 5 heteroatoms. The third-order valence-electron chi connectivity index (χ3n) is 7.46. The summed E-state index contributed by atoms with van der Waals surface area (Å²) in [6, 6.07) is 22.8. The van der Waals surface area contributed by atoms with Gasteiger partial charge >= 0.3 is 0 Å². The van der Waals surface area contributed by atoms with Crippen LogP contribution < -0.4 is 5.32 Å². The summed E-state index contributed by atoms with van der Waals surface area (Å²) in [5, 5.41) is 12.3. The van der Waals surface area contributed by atoms with Crippen LogP contribution in [-0.4, -0.2) is 23.8 Å². The predicted octanol–water partition coefficient (Wildman–Crippen LogP) is 5.21. The molecule has 0 aromatic heterocycles. The van der Waals surface area contributed by atoms with Crippen molar-refractivity contribution in [1.82, 2.24) is 5.32 Å². The summed E-state index contributed by atoms with van der Waals surface area (Å²) < 4.78 is 12.3. The van der Waals surface area contributed by atoms with E-state index in [1.807, 2.05) is 30.3 Å². The van der Waals surface area contributed by atoms with Gasteiger partial charge in [-0.15, -0.1) is 0 Å². The number of nitrogens with one attached hydrogen (secondary N) is 1. The normalized spacial score (nSPS) is 20.2. The number of carbonyl (C=O) groups excluding carboxylic acids is 1. The van der Waals surface area contributed by atoms with Crippen molar-refractivity contribution in [3.63, 3.8) is 0 Å². The second-order valence-electron chi connectivity index (χ2n) is 10.1. The topological polar surface area (TPSA) is 67.8 Å². The predicted molar refractivity (Wildman–Crippen MR) is 138 cm³/mol. The molecule has 3 aromatic rings. The van der Waals surface area contributed by atoms with Crippen molar-refractivity contribution >= 4 is 5.91 Å². The minimum absolute atomic E-state index is 0.0178. The van der Waals surface area contributed by atoms with E-state index in [0.29, 0.717) is 31.2 Å². The minimum atomic E-state index is -0.529. The van der Waals surface area contributed by atoms with Crippen molar-refractivity contribution in [2.24, 2.45) is 5.92 Å². The van der Waals surface area contributed by atoms with Crippen LogP contribution in [0.2, 0.25) is 0 Å². The Bertz CT molecular complexity index is 1290. The van der Waals surface area contributed by atoms with Crippen LogP contribution in [0.4, 0.5) is 0 Å². The summed E-state index contributed by atoms with van der Waals surface area (Å²) in [5.41, 5.74) is 8.36. The first-order valence-electron chi connectivity index (χ1n) is 12.8. The number of amides is 1. The highest BCUT2D eigenvalue weighted by Crippen LogP contribution is 2.43. The molecule has 0 bridgehead atoms. The second kappa shape index (κ2) is 9.92. The molecule has 0 radical (unpaired) electrons. The number of rotatable bonds is 8. The molecule has 184 valence electrons. The molecule has 2 atom stereocenters. The largest absolute Gasteiger partial charge is 0.459 e. The average molecular weight is 482 g/mol. The highest BCUT2D eigenvalue weighted by Gasteiger charge is 2.32.